The highest BCUT2D eigenvalue weighted by molar-refractivity contribution is 7.89. The number of carbonyl (C=O) groups excluding carboxylic acids is 1. The number of carbonyl (C=O) groups is 1. The molecule has 0 spiro atoms. The van der Waals surface area contributed by atoms with Crippen LogP contribution in [0.15, 0.2) is 59.5 Å². The lowest BCUT2D eigenvalue weighted by Crippen LogP contribution is -2.35. The molecule has 1 saturated heterocycles. The molecule has 168 valence electrons. The SMILES string of the molecule is C/C=C\c1ccccc1C.CC(=O)N(C)Cc1ccc(S(=O)(=O)N2CCCCC2)cc1. The quantitative estimate of drug-likeness (QED) is 0.664. The van der Waals surface area contributed by atoms with Crippen LogP contribution in [0.25, 0.3) is 6.08 Å². The van der Waals surface area contributed by atoms with Gasteiger partial charge in [-0.3, -0.25) is 4.79 Å². The highest BCUT2D eigenvalue weighted by Crippen LogP contribution is 2.21. The van der Waals surface area contributed by atoms with Gasteiger partial charge < -0.3 is 4.90 Å². The molecule has 6 heteroatoms. The Kier molecular flexibility index (Phi) is 9.46. The number of benzene rings is 2. The van der Waals surface area contributed by atoms with Gasteiger partial charge in [0.2, 0.25) is 15.9 Å². The number of hydrogen-bond donors (Lipinski definition) is 0. The van der Waals surface area contributed by atoms with Crippen LogP contribution in [0.3, 0.4) is 0 Å². The van der Waals surface area contributed by atoms with Gasteiger partial charge in [0.05, 0.1) is 4.90 Å². The Bertz CT molecular complexity index is 976. The number of hydrogen-bond acceptors (Lipinski definition) is 3. The third kappa shape index (κ3) is 7.33. The molecular weight excluding hydrogens is 408 g/mol. The largest absolute Gasteiger partial charge is 0.342 e. The van der Waals surface area contributed by atoms with Crippen molar-refractivity contribution < 1.29 is 13.2 Å². The van der Waals surface area contributed by atoms with Crippen LogP contribution in [0, 0.1) is 6.92 Å². The van der Waals surface area contributed by atoms with Crippen LogP contribution in [0.1, 0.15) is 49.8 Å². The highest BCUT2D eigenvalue weighted by atomic mass is 32.2. The van der Waals surface area contributed by atoms with E-state index in [0.29, 0.717) is 24.5 Å². The first-order valence-electron chi connectivity index (χ1n) is 10.7. The Morgan fingerprint density at radius 2 is 1.65 bits per heavy atom. The third-order valence-electron chi connectivity index (χ3n) is 5.37. The molecule has 0 saturated carbocycles. The molecule has 0 aromatic heterocycles. The monoisotopic (exact) mass is 442 g/mol. The Labute approximate surface area is 187 Å². The van der Waals surface area contributed by atoms with Crippen molar-refractivity contribution in [1.82, 2.24) is 9.21 Å². The number of allylic oxidation sites excluding steroid dienone is 1. The molecule has 31 heavy (non-hydrogen) atoms. The molecule has 0 radical (unpaired) electrons. The van der Waals surface area contributed by atoms with Gasteiger partial charge in [0.15, 0.2) is 0 Å². The van der Waals surface area contributed by atoms with E-state index in [1.165, 1.54) is 18.1 Å². The molecule has 2 aromatic carbocycles. The first-order chi connectivity index (χ1) is 14.8. The summed E-state index contributed by atoms with van der Waals surface area (Å²) in [4.78, 5) is 13.1. The lowest BCUT2D eigenvalue weighted by atomic mass is 10.1. The van der Waals surface area contributed by atoms with E-state index in [1.807, 2.05) is 6.92 Å². The molecule has 2 aromatic rings. The molecule has 5 nitrogen and oxygen atoms in total. The van der Waals surface area contributed by atoms with Crippen molar-refractivity contribution in [3.63, 3.8) is 0 Å². The van der Waals surface area contributed by atoms with Crippen LogP contribution < -0.4 is 0 Å². The number of amides is 1. The second-order valence-corrected chi connectivity index (χ2v) is 9.78. The Morgan fingerprint density at radius 3 is 2.19 bits per heavy atom. The molecule has 0 atom stereocenters. The highest BCUT2D eigenvalue weighted by Gasteiger charge is 2.25. The van der Waals surface area contributed by atoms with Crippen LogP contribution in [0.5, 0.6) is 0 Å². The normalized spacial score (nSPS) is 14.7. The number of sulfonamides is 1. The summed E-state index contributed by atoms with van der Waals surface area (Å²) in [5.41, 5.74) is 3.57. The lowest BCUT2D eigenvalue weighted by Gasteiger charge is -2.26. The zero-order chi connectivity index (χ0) is 22.9. The predicted octanol–water partition coefficient (Wildman–Crippen LogP) is 4.87. The Hall–Kier alpha value is -2.44. The minimum absolute atomic E-state index is 0.0139. The minimum atomic E-state index is -3.37. The van der Waals surface area contributed by atoms with Crippen molar-refractivity contribution in [2.24, 2.45) is 0 Å². The van der Waals surface area contributed by atoms with Gasteiger partial charge >= 0.3 is 0 Å². The molecule has 0 unspecified atom stereocenters. The zero-order valence-corrected chi connectivity index (χ0v) is 19.9. The van der Waals surface area contributed by atoms with Crippen molar-refractivity contribution in [1.29, 1.82) is 0 Å². The summed E-state index contributed by atoms with van der Waals surface area (Å²) in [6, 6.07) is 15.2. The second kappa shape index (κ2) is 11.8. The van der Waals surface area contributed by atoms with Crippen molar-refractivity contribution in [3.05, 3.63) is 71.3 Å². The minimum Gasteiger partial charge on any atom is -0.342 e. The van der Waals surface area contributed by atoms with Gasteiger partial charge in [-0.1, -0.05) is 55.0 Å². The van der Waals surface area contributed by atoms with Crippen LogP contribution in [-0.4, -0.2) is 43.7 Å². The van der Waals surface area contributed by atoms with Gasteiger partial charge in [-0.2, -0.15) is 4.31 Å². The lowest BCUT2D eigenvalue weighted by molar-refractivity contribution is -0.128. The van der Waals surface area contributed by atoms with E-state index in [9.17, 15) is 13.2 Å². The van der Waals surface area contributed by atoms with Gasteiger partial charge in [0.25, 0.3) is 0 Å². The summed E-state index contributed by atoms with van der Waals surface area (Å²) in [6.45, 7) is 7.37. The molecule has 0 aliphatic carbocycles. The van der Waals surface area contributed by atoms with Gasteiger partial charge in [-0.15, -0.1) is 0 Å². The number of piperidine rings is 1. The summed E-state index contributed by atoms with van der Waals surface area (Å²) in [7, 11) is -1.65. The summed E-state index contributed by atoms with van der Waals surface area (Å²) in [5, 5.41) is 0. The number of nitrogens with zero attached hydrogens (tertiary/aromatic N) is 2. The van der Waals surface area contributed by atoms with Gasteiger partial charge in [0.1, 0.15) is 0 Å². The fourth-order valence-electron chi connectivity index (χ4n) is 3.36. The summed E-state index contributed by atoms with van der Waals surface area (Å²) in [5.74, 6) is -0.0139. The maximum absolute atomic E-state index is 12.5. The second-order valence-electron chi connectivity index (χ2n) is 7.84. The number of aryl methyl sites for hydroxylation is 1. The smallest absolute Gasteiger partial charge is 0.243 e. The van der Waals surface area contributed by atoms with Crippen LogP contribution in [0.4, 0.5) is 0 Å². The molecule has 3 rings (SSSR count). The van der Waals surface area contributed by atoms with E-state index in [-0.39, 0.29) is 5.91 Å². The summed E-state index contributed by atoms with van der Waals surface area (Å²) < 4.78 is 26.5. The topological polar surface area (TPSA) is 57.7 Å². The molecule has 1 aliphatic heterocycles. The maximum atomic E-state index is 12.5. The van der Waals surface area contributed by atoms with E-state index >= 15 is 0 Å². The molecule has 1 fully saturated rings. The van der Waals surface area contributed by atoms with Crippen molar-refractivity contribution in [3.8, 4) is 0 Å². The first kappa shape index (κ1) is 24.8. The van der Waals surface area contributed by atoms with E-state index in [2.05, 4.69) is 43.3 Å². The standard InChI is InChI=1S/C15H22N2O3S.C10H12/c1-13(18)16(2)12-14-6-8-15(9-7-14)21(19,20)17-10-4-3-5-11-17;1-3-6-10-8-5-4-7-9(10)2/h6-9H,3-5,10-12H2,1-2H3;3-8H,1-2H3/b;6-3-. The first-order valence-corrected chi connectivity index (χ1v) is 12.2. The van der Waals surface area contributed by atoms with Crippen molar-refractivity contribution in [2.45, 2.75) is 51.5 Å². The van der Waals surface area contributed by atoms with Gasteiger partial charge in [0, 0.05) is 33.6 Å². The molecule has 1 heterocycles. The van der Waals surface area contributed by atoms with E-state index in [1.54, 1.807) is 40.5 Å². The fraction of sp³-hybridized carbons (Fsp3) is 0.400. The third-order valence-corrected chi connectivity index (χ3v) is 7.28. The van der Waals surface area contributed by atoms with E-state index < -0.39 is 10.0 Å². The average Bonchev–Trinajstić information content (AvgIpc) is 2.77. The van der Waals surface area contributed by atoms with E-state index in [0.717, 1.165) is 24.8 Å². The van der Waals surface area contributed by atoms with E-state index in [4.69, 9.17) is 0 Å². The summed E-state index contributed by atoms with van der Waals surface area (Å²) in [6.07, 6.45) is 7.14. The van der Waals surface area contributed by atoms with Crippen LogP contribution in [0.2, 0.25) is 0 Å². The molecule has 0 bridgehead atoms. The summed E-state index contributed by atoms with van der Waals surface area (Å²) >= 11 is 0. The van der Waals surface area contributed by atoms with Crippen molar-refractivity contribution in [2.75, 3.05) is 20.1 Å². The molecular formula is C25H34N2O3S. The van der Waals surface area contributed by atoms with Gasteiger partial charge in [-0.05, 0) is 55.5 Å². The van der Waals surface area contributed by atoms with Crippen LogP contribution in [-0.2, 0) is 21.4 Å². The molecule has 1 amide bonds. The fourth-order valence-corrected chi connectivity index (χ4v) is 4.88. The van der Waals surface area contributed by atoms with Gasteiger partial charge in [-0.25, -0.2) is 8.42 Å². The Balaban J connectivity index is 0.000000285. The van der Waals surface area contributed by atoms with Crippen molar-refractivity contribution >= 4 is 22.0 Å². The maximum Gasteiger partial charge on any atom is 0.243 e. The van der Waals surface area contributed by atoms with Crippen LogP contribution >= 0.6 is 0 Å². The average molecular weight is 443 g/mol. The molecule has 1 aliphatic rings. The number of rotatable bonds is 5. The zero-order valence-electron chi connectivity index (χ0n) is 19.0. The molecule has 0 N–H and O–H groups in total. The predicted molar refractivity (Wildman–Crippen MR) is 127 cm³/mol. The Morgan fingerprint density at radius 1 is 1.03 bits per heavy atom.